The summed E-state index contributed by atoms with van der Waals surface area (Å²) in [6.45, 7) is 5.49. The molecule has 1 aliphatic heterocycles. The molecule has 0 spiro atoms. The Hall–Kier alpha value is -5.27. The number of ether oxygens (including phenoxy) is 1. The first-order valence-electron chi connectivity index (χ1n) is 19.8. The van der Waals surface area contributed by atoms with Gasteiger partial charge in [-0.05, 0) is 48.6 Å². The van der Waals surface area contributed by atoms with E-state index in [1.54, 1.807) is 51.4 Å². The lowest BCUT2D eigenvalue weighted by Gasteiger charge is -2.35. The third kappa shape index (κ3) is 11.9. The molecule has 5 atom stereocenters. The summed E-state index contributed by atoms with van der Waals surface area (Å²) in [6.07, 6.45) is 4.70. The second-order valence-corrected chi connectivity index (χ2v) is 15.3. The molecule has 14 heteroatoms. The highest BCUT2D eigenvalue weighted by molar-refractivity contribution is 6.38. The van der Waals surface area contributed by atoms with Gasteiger partial charge >= 0.3 is 6.09 Å². The Morgan fingerprint density at radius 1 is 0.839 bits per heavy atom. The molecule has 14 nitrogen and oxygen atoms in total. The summed E-state index contributed by atoms with van der Waals surface area (Å²) < 4.78 is 5.41. The van der Waals surface area contributed by atoms with E-state index >= 15 is 0 Å². The van der Waals surface area contributed by atoms with Crippen molar-refractivity contribution in [2.75, 3.05) is 33.8 Å². The van der Waals surface area contributed by atoms with Crippen LogP contribution in [0, 0.1) is 11.8 Å². The maximum Gasteiger partial charge on any atom is 0.407 e. The number of ketones is 1. The summed E-state index contributed by atoms with van der Waals surface area (Å²) in [5.74, 6) is -4.52. The number of carbonyl (C=O) groups excluding carboxylic acids is 7. The van der Waals surface area contributed by atoms with Crippen molar-refractivity contribution < 1.29 is 38.3 Å². The number of likely N-dealkylation sites (N-methyl/N-ethyl adjacent to an activating group) is 1. The van der Waals surface area contributed by atoms with E-state index in [-0.39, 0.29) is 43.2 Å². The van der Waals surface area contributed by atoms with Crippen molar-refractivity contribution >= 4 is 41.4 Å². The lowest BCUT2D eigenvalue weighted by molar-refractivity contribution is -0.144. The molecule has 0 radical (unpaired) electrons. The number of hydrogen-bond donors (Lipinski definition) is 4. The van der Waals surface area contributed by atoms with E-state index in [1.807, 2.05) is 44.2 Å². The molecule has 2 aliphatic rings. The Bertz CT molecular complexity index is 1660. The number of benzene rings is 2. The zero-order chi connectivity index (χ0) is 40.8. The fourth-order valence-corrected chi connectivity index (χ4v) is 7.48. The van der Waals surface area contributed by atoms with Gasteiger partial charge in [0, 0.05) is 26.6 Å². The highest BCUT2D eigenvalue weighted by Crippen LogP contribution is 2.36. The molecule has 56 heavy (non-hydrogen) atoms. The van der Waals surface area contributed by atoms with Gasteiger partial charge in [-0.2, -0.15) is 0 Å². The normalized spacial score (nSPS) is 18.6. The average Bonchev–Trinajstić information content (AvgIpc) is 3.66. The third-order valence-electron chi connectivity index (χ3n) is 10.4. The Balaban J connectivity index is 1.51. The third-order valence-corrected chi connectivity index (χ3v) is 10.4. The second kappa shape index (κ2) is 21.1. The largest absolute Gasteiger partial charge is 0.449 e. The zero-order valence-corrected chi connectivity index (χ0v) is 33.3. The van der Waals surface area contributed by atoms with Crippen LogP contribution in [0.5, 0.6) is 0 Å². The van der Waals surface area contributed by atoms with Gasteiger partial charge in [-0.25, -0.2) is 4.79 Å². The van der Waals surface area contributed by atoms with Crippen LogP contribution in [0.3, 0.4) is 0 Å². The number of nitrogens with one attached hydrogen (secondary N) is 4. The number of rotatable bonds is 17. The molecule has 0 bridgehead atoms. The first kappa shape index (κ1) is 43.5. The molecular formula is C42H58N6O8. The number of likely N-dealkylation sites (tertiary alicyclic amines) is 1. The molecule has 2 aromatic carbocycles. The fraction of sp³-hybridized carbons (Fsp3) is 0.548. The molecule has 2 fully saturated rings. The van der Waals surface area contributed by atoms with Gasteiger partial charge in [0.25, 0.3) is 5.91 Å². The van der Waals surface area contributed by atoms with Gasteiger partial charge in [-0.1, -0.05) is 107 Å². The molecule has 0 unspecified atom stereocenters. The van der Waals surface area contributed by atoms with Gasteiger partial charge in [0.2, 0.25) is 29.4 Å². The minimum atomic E-state index is -1.24. The van der Waals surface area contributed by atoms with E-state index in [1.165, 1.54) is 9.80 Å². The maximum absolute atomic E-state index is 14.5. The van der Waals surface area contributed by atoms with Crippen LogP contribution in [-0.2, 0) is 33.5 Å². The number of nitrogens with zero attached hydrogens (tertiary/aromatic N) is 2. The maximum atomic E-state index is 14.5. The molecule has 304 valence electrons. The summed E-state index contributed by atoms with van der Waals surface area (Å²) in [7, 11) is 3.12. The summed E-state index contributed by atoms with van der Waals surface area (Å²) in [4.78, 5) is 97.3. The molecule has 4 N–H and O–H groups in total. The standard InChI is InChI=1S/C42H58N6O8/c1-6-16-32(37(50)39(52)43-25-33(49)45-34(40(53)47(4)5)29-19-12-8-13-20-29)44-38(51)36-31(28-17-10-7-11-18-28)23-24-48(36)41(54)35(30-21-14-9-15-22-30)46-42(55)56-26-27(2)3/h7-8,10-13,17-20,27,30-32,34-36H,6,9,14-16,21-26H2,1-5H3,(H,43,52)(H,44,51)(H,45,49)(H,46,55)/t31-,32-,34+,35+,36+/m1/s1. The molecule has 1 saturated heterocycles. The molecule has 6 amide bonds. The fourth-order valence-electron chi connectivity index (χ4n) is 7.48. The van der Waals surface area contributed by atoms with Crippen LogP contribution in [0.1, 0.15) is 95.2 Å². The van der Waals surface area contributed by atoms with Crippen LogP contribution in [0.15, 0.2) is 60.7 Å². The molecule has 2 aromatic rings. The molecular weight excluding hydrogens is 716 g/mol. The Morgan fingerprint density at radius 2 is 1.48 bits per heavy atom. The van der Waals surface area contributed by atoms with Gasteiger partial charge < -0.3 is 35.8 Å². The van der Waals surface area contributed by atoms with E-state index < -0.39 is 66.2 Å². The molecule has 1 aliphatic carbocycles. The lowest BCUT2D eigenvalue weighted by atomic mass is 9.83. The van der Waals surface area contributed by atoms with E-state index in [0.29, 0.717) is 18.4 Å². The van der Waals surface area contributed by atoms with Gasteiger partial charge in [-0.3, -0.25) is 28.8 Å². The van der Waals surface area contributed by atoms with Crippen molar-refractivity contribution in [3.05, 3.63) is 71.8 Å². The lowest BCUT2D eigenvalue weighted by Crippen LogP contribution is -2.59. The van der Waals surface area contributed by atoms with Gasteiger partial charge in [-0.15, -0.1) is 0 Å². The van der Waals surface area contributed by atoms with Crippen molar-refractivity contribution in [1.82, 2.24) is 31.1 Å². The highest BCUT2D eigenvalue weighted by Gasteiger charge is 2.47. The van der Waals surface area contributed by atoms with Gasteiger partial charge in [0.1, 0.15) is 18.1 Å². The van der Waals surface area contributed by atoms with Crippen LogP contribution in [0.2, 0.25) is 0 Å². The summed E-state index contributed by atoms with van der Waals surface area (Å²) in [5.41, 5.74) is 1.39. The van der Waals surface area contributed by atoms with E-state index in [2.05, 4.69) is 21.3 Å². The highest BCUT2D eigenvalue weighted by atomic mass is 16.5. The summed E-state index contributed by atoms with van der Waals surface area (Å²) >= 11 is 0. The Labute approximate surface area is 329 Å². The molecule has 0 aromatic heterocycles. The van der Waals surface area contributed by atoms with Crippen molar-refractivity contribution in [3.8, 4) is 0 Å². The van der Waals surface area contributed by atoms with Gasteiger partial charge in [0.05, 0.1) is 19.2 Å². The first-order valence-corrected chi connectivity index (χ1v) is 19.8. The molecule has 1 saturated carbocycles. The number of Topliss-reactive ketones (excluding diaryl/α,β-unsaturated/α-hetero) is 1. The topological polar surface area (TPSA) is 183 Å². The predicted molar refractivity (Wildman–Crippen MR) is 210 cm³/mol. The molecule has 4 rings (SSSR count). The van der Waals surface area contributed by atoms with Crippen LogP contribution < -0.4 is 21.3 Å². The van der Waals surface area contributed by atoms with E-state index in [0.717, 1.165) is 37.7 Å². The van der Waals surface area contributed by atoms with Crippen molar-refractivity contribution in [2.45, 2.75) is 102 Å². The van der Waals surface area contributed by atoms with Gasteiger partial charge in [0.15, 0.2) is 0 Å². The number of amides is 6. The van der Waals surface area contributed by atoms with Crippen LogP contribution in [0.4, 0.5) is 4.79 Å². The molecule has 1 heterocycles. The van der Waals surface area contributed by atoms with E-state index in [9.17, 15) is 33.6 Å². The Morgan fingerprint density at radius 3 is 2.09 bits per heavy atom. The monoisotopic (exact) mass is 774 g/mol. The predicted octanol–water partition coefficient (Wildman–Crippen LogP) is 3.62. The van der Waals surface area contributed by atoms with Crippen LogP contribution >= 0.6 is 0 Å². The Kier molecular flexibility index (Phi) is 16.4. The van der Waals surface area contributed by atoms with Crippen LogP contribution in [-0.4, -0.2) is 103 Å². The number of hydrogen-bond acceptors (Lipinski definition) is 8. The summed E-state index contributed by atoms with van der Waals surface area (Å²) in [6, 6.07) is 13.8. The van der Waals surface area contributed by atoms with Crippen LogP contribution in [0.25, 0.3) is 0 Å². The number of carbonyl (C=O) groups is 7. The summed E-state index contributed by atoms with van der Waals surface area (Å²) in [5, 5.41) is 10.6. The quantitative estimate of drug-likeness (QED) is 0.176. The van der Waals surface area contributed by atoms with Crippen molar-refractivity contribution in [1.29, 1.82) is 0 Å². The smallest absolute Gasteiger partial charge is 0.407 e. The minimum Gasteiger partial charge on any atom is -0.449 e. The number of alkyl carbamates (subject to hydrolysis) is 1. The van der Waals surface area contributed by atoms with Crippen molar-refractivity contribution in [3.63, 3.8) is 0 Å². The minimum absolute atomic E-state index is 0.103. The SMILES string of the molecule is CCC[C@@H](NC(=O)[C@@H]1[C@@H](c2ccccc2)CCN1C(=O)[C@@H](NC(=O)OCC(C)C)C1CCCCC1)C(=O)C(=O)NCC(=O)N[C@H](C(=O)N(C)C)c1ccccc1. The van der Waals surface area contributed by atoms with E-state index in [4.69, 9.17) is 4.74 Å². The zero-order valence-electron chi connectivity index (χ0n) is 33.3. The second-order valence-electron chi connectivity index (χ2n) is 15.3. The first-order chi connectivity index (χ1) is 26.8. The van der Waals surface area contributed by atoms with Crippen molar-refractivity contribution in [2.24, 2.45) is 11.8 Å². The average molecular weight is 775 g/mol.